The van der Waals surface area contributed by atoms with Gasteiger partial charge in [-0.2, -0.15) is 23.3 Å². The largest absolute Gasteiger partial charge is 0.438 e. The Morgan fingerprint density at radius 1 is 1.04 bits per heavy atom. The maximum Gasteiger partial charge on any atom is 0.438 e. The third-order valence-electron chi connectivity index (χ3n) is 3.90. The van der Waals surface area contributed by atoms with Crippen molar-refractivity contribution in [2.75, 3.05) is 0 Å². The minimum Gasteiger partial charge on any atom is -0.362 e. The fourth-order valence-electron chi connectivity index (χ4n) is 2.50. The fraction of sp³-hybridized carbons (Fsp3) is 0.176. The van der Waals surface area contributed by atoms with Crippen LogP contribution < -0.4 is 0 Å². The van der Waals surface area contributed by atoms with Gasteiger partial charge < -0.3 is 5.11 Å². The molecule has 1 amide bonds. The highest BCUT2D eigenvalue weighted by Crippen LogP contribution is 2.42. The van der Waals surface area contributed by atoms with Crippen molar-refractivity contribution < 1.29 is 23.1 Å². The fourth-order valence-corrected chi connectivity index (χ4v) is 2.75. The Kier molecular flexibility index (Phi) is 4.72. The summed E-state index contributed by atoms with van der Waals surface area (Å²) in [5, 5.41) is 14.8. The Hall–Kier alpha value is -2.09. The van der Waals surface area contributed by atoms with Crippen LogP contribution in [0.2, 0.25) is 10.0 Å². The summed E-state index contributed by atoms with van der Waals surface area (Å²) < 4.78 is 40.6. The zero-order chi connectivity index (χ0) is 19.1. The summed E-state index contributed by atoms with van der Waals surface area (Å²) in [6.07, 6.45) is -6.00. The van der Waals surface area contributed by atoms with Crippen molar-refractivity contribution in [3.05, 3.63) is 69.7 Å². The number of carbonyl (C=O) groups excluding carboxylic acids is 1. The molecule has 1 N–H and O–H groups in total. The molecule has 1 aliphatic rings. The lowest BCUT2D eigenvalue weighted by Gasteiger charge is -2.32. The second kappa shape index (κ2) is 6.57. The molecular weight excluding hydrogens is 392 g/mol. The molecule has 0 aliphatic carbocycles. The third-order valence-corrected chi connectivity index (χ3v) is 4.40. The zero-order valence-corrected chi connectivity index (χ0v) is 14.5. The summed E-state index contributed by atoms with van der Waals surface area (Å²) in [4.78, 5) is 12.5. The van der Waals surface area contributed by atoms with Gasteiger partial charge in [-0.05, 0) is 42.0 Å². The van der Waals surface area contributed by atoms with E-state index in [1.165, 1.54) is 48.5 Å². The van der Waals surface area contributed by atoms with E-state index in [-0.39, 0.29) is 16.3 Å². The quantitative estimate of drug-likeness (QED) is 0.803. The summed E-state index contributed by atoms with van der Waals surface area (Å²) in [5.74, 6) is -1.09. The van der Waals surface area contributed by atoms with Gasteiger partial charge in [0.15, 0.2) is 0 Å². The van der Waals surface area contributed by atoms with Crippen molar-refractivity contribution in [2.45, 2.75) is 18.3 Å². The average Bonchev–Trinajstić information content (AvgIpc) is 2.94. The molecule has 0 bridgehead atoms. The number of aliphatic hydroxyl groups is 1. The van der Waals surface area contributed by atoms with E-state index in [0.717, 1.165) is 0 Å². The van der Waals surface area contributed by atoms with Gasteiger partial charge in [-0.15, -0.1) is 0 Å². The van der Waals surface area contributed by atoms with E-state index in [9.17, 15) is 23.1 Å². The maximum absolute atomic E-state index is 13.5. The molecule has 26 heavy (non-hydrogen) atoms. The number of hydrogen-bond donors (Lipinski definition) is 1. The van der Waals surface area contributed by atoms with Gasteiger partial charge in [0.1, 0.15) is 0 Å². The van der Waals surface area contributed by atoms with Gasteiger partial charge in [-0.25, -0.2) is 0 Å². The number of benzene rings is 2. The van der Waals surface area contributed by atoms with E-state index in [1.54, 1.807) is 0 Å². The van der Waals surface area contributed by atoms with E-state index in [4.69, 9.17) is 23.2 Å². The SMILES string of the molecule is O=C(c1ccc(Cl)cc1)N1N=C(c2ccc(Cl)cc2)C[C@@]1(O)C(F)(F)F. The first-order valence-electron chi connectivity index (χ1n) is 7.34. The number of hydrogen-bond acceptors (Lipinski definition) is 3. The maximum atomic E-state index is 13.5. The molecule has 2 aromatic rings. The average molecular weight is 403 g/mol. The molecule has 4 nitrogen and oxygen atoms in total. The molecule has 0 fully saturated rings. The summed E-state index contributed by atoms with van der Waals surface area (Å²) in [6.45, 7) is 0. The molecule has 3 rings (SSSR count). The van der Waals surface area contributed by atoms with E-state index < -0.39 is 24.2 Å². The number of rotatable bonds is 2. The standard InChI is InChI=1S/C17H11Cl2F3N2O2/c18-12-5-1-10(2-6-12)14-9-16(26,17(20,21)22)24(23-14)15(25)11-3-7-13(19)8-4-11/h1-8,26H,9H2/t16-/m1/s1. The molecule has 0 aromatic heterocycles. The number of alkyl halides is 3. The second-order valence-electron chi connectivity index (χ2n) is 5.67. The van der Waals surface area contributed by atoms with Crippen molar-refractivity contribution in [1.29, 1.82) is 0 Å². The van der Waals surface area contributed by atoms with E-state index in [2.05, 4.69) is 5.10 Å². The first kappa shape index (κ1) is 18.7. The normalized spacial score (nSPS) is 20.2. The summed E-state index contributed by atoms with van der Waals surface area (Å²) in [7, 11) is 0. The highest BCUT2D eigenvalue weighted by atomic mass is 35.5. The molecule has 9 heteroatoms. The van der Waals surface area contributed by atoms with Crippen molar-refractivity contribution in [3.8, 4) is 0 Å². The van der Waals surface area contributed by atoms with Gasteiger partial charge in [0.25, 0.3) is 11.6 Å². The number of amides is 1. The topological polar surface area (TPSA) is 52.9 Å². The van der Waals surface area contributed by atoms with Gasteiger partial charge >= 0.3 is 6.18 Å². The lowest BCUT2D eigenvalue weighted by atomic mass is 10.0. The minimum absolute atomic E-state index is 0.0696. The molecule has 0 unspecified atom stereocenters. The molecular formula is C17H11Cl2F3N2O2. The smallest absolute Gasteiger partial charge is 0.362 e. The second-order valence-corrected chi connectivity index (χ2v) is 6.54. The van der Waals surface area contributed by atoms with Crippen LogP contribution >= 0.6 is 23.2 Å². The number of hydrazone groups is 1. The van der Waals surface area contributed by atoms with Gasteiger partial charge in [0.05, 0.1) is 12.1 Å². The van der Waals surface area contributed by atoms with Crippen LogP contribution in [-0.2, 0) is 0 Å². The lowest BCUT2D eigenvalue weighted by molar-refractivity contribution is -0.297. The van der Waals surface area contributed by atoms with Crippen LogP contribution in [0.5, 0.6) is 0 Å². The van der Waals surface area contributed by atoms with E-state index in [0.29, 0.717) is 15.6 Å². The Balaban J connectivity index is 2.03. The van der Waals surface area contributed by atoms with Crippen LogP contribution in [-0.4, -0.2) is 33.6 Å². The summed E-state index contributed by atoms with van der Waals surface area (Å²) in [6, 6.07) is 11.1. The van der Waals surface area contributed by atoms with Crippen LogP contribution in [0.15, 0.2) is 53.6 Å². The Bertz CT molecular complexity index is 867. The van der Waals surface area contributed by atoms with Gasteiger partial charge in [0, 0.05) is 15.6 Å². The van der Waals surface area contributed by atoms with Crippen LogP contribution in [0.3, 0.4) is 0 Å². The molecule has 1 atom stereocenters. The van der Waals surface area contributed by atoms with Crippen LogP contribution in [0.1, 0.15) is 22.3 Å². The van der Waals surface area contributed by atoms with E-state index >= 15 is 0 Å². The Labute approximate surface area is 156 Å². The predicted molar refractivity (Wildman–Crippen MR) is 91.2 cm³/mol. The monoisotopic (exact) mass is 402 g/mol. The lowest BCUT2D eigenvalue weighted by Crippen LogP contribution is -2.56. The van der Waals surface area contributed by atoms with Crippen molar-refractivity contribution in [1.82, 2.24) is 5.01 Å². The van der Waals surface area contributed by atoms with Gasteiger partial charge in [-0.1, -0.05) is 35.3 Å². The predicted octanol–water partition coefficient (Wildman–Crippen LogP) is 4.49. The highest BCUT2D eigenvalue weighted by Gasteiger charge is 2.63. The first-order valence-corrected chi connectivity index (χ1v) is 8.10. The molecule has 0 radical (unpaired) electrons. The van der Waals surface area contributed by atoms with Gasteiger partial charge in [0.2, 0.25) is 0 Å². The number of carbonyl (C=O) groups is 1. The molecule has 1 heterocycles. The molecule has 1 aliphatic heterocycles. The molecule has 0 saturated heterocycles. The van der Waals surface area contributed by atoms with Crippen LogP contribution in [0.25, 0.3) is 0 Å². The summed E-state index contributed by atoms with van der Waals surface area (Å²) in [5.41, 5.74) is -3.29. The Morgan fingerprint density at radius 2 is 1.54 bits per heavy atom. The molecule has 0 spiro atoms. The summed E-state index contributed by atoms with van der Waals surface area (Å²) >= 11 is 11.5. The van der Waals surface area contributed by atoms with Crippen LogP contribution in [0.4, 0.5) is 13.2 Å². The number of nitrogens with zero attached hydrogens (tertiary/aromatic N) is 2. The van der Waals surface area contributed by atoms with Gasteiger partial charge in [-0.3, -0.25) is 4.79 Å². The zero-order valence-electron chi connectivity index (χ0n) is 13.0. The van der Waals surface area contributed by atoms with Crippen molar-refractivity contribution in [3.63, 3.8) is 0 Å². The Morgan fingerprint density at radius 3 is 2.04 bits per heavy atom. The molecule has 0 saturated carbocycles. The first-order chi connectivity index (χ1) is 12.1. The third kappa shape index (κ3) is 3.30. The minimum atomic E-state index is -5.10. The van der Waals surface area contributed by atoms with Crippen LogP contribution in [0, 0.1) is 0 Å². The van der Waals surface area contributed by atoms with Crippen molar-refractivity contribution >= 4 is 34.8 Å². The van der Waals surface area contributed by atoms with Crippen molar-refractivity contribution in [2.24, 2.45) is 5.10 Å². The molecule has 136 valence electrons. The molecule has 2 aromatic carbocycles. The highest BCUT2D eigenvalue weighted by molar-refractivity contribution is 6.31. The van der Waals surface area contributed by atoms with E-state index in [1.807, 2.05) is 0 Å². The number of halogens is 5.